The predicted octanol–water partition coefficient (Wildman–Crippen LogP) is 0.419. The Labute approximate surface area is 129 Å². The molecule has 0 spiro atoms. The van der Waals surface area contributed by atoms with Gasteiger partial charge in [0.05, 0.1) is 38.0 Å². The van der Waals surface area contributed by atoms with Gasteiger partial charge in [0.1, 0.15) is 11.5 Å². The molecule has 1 fully saturated rings. The average molecular weight is 328 g/mol. The second-order valence-electron chi connectivity index (χ2n) is 5.09. The number of nitrogens with one attached hydrogen (secondary N) is 2. The van der Waals surface area contributed by atoms with Crippen molar-refractivity contribution in [3.8, 4) is 11.5 Å². The van der Waals surface area contributed by atoms with Crippen LogP contribution in [0.4, 0.5) is 5.69 Å². The maximum atomic E-state index is 11.9. The minimum absolute atomic E-state index is 0.0184. The van der Waals surface area contributed by atoms with E-state index in [9.17, 15) is 13.2 Å². The lowest BCUT2D eigenvalue weighted by Crippen LogP contribution is -2.39. The molecule has 1 amide bonds. The fraction of sp³-hybridized carbons (Fsp3) is 0.500. The third-order valence-corrected chi connectivity index (χ3v) is 5.21. The molecule has 0 aromatic heterocycles. The normalized spacial score (nSPS) is 19.5. The summed E-state index contributed by atoms with van der Waals surface area (Å²) in [6.45, 7) is 0.0409. The van der Waals surface area contributed by atoms with Gasteiger partial charge in [0.25, 0.3) is 0 Å². The number of anilines is 1. The number of methoxy groups -OCH3 is 2. The highest BCUT2D eigenvalue weighted by Crippen LogP contribution is 2.28. The van der Waals surface area contributed by atoms with Gasteiger partial charge >= 0.3 is 0 Å². The van der Waals surface area contributed by atoms with E-state index < -0.39 is 9.84 Å². The van der Waals surface area contributed by atoms with Crippen LogP contribution in [-0.2, 0) is 14.6 Å². The molecule has 1 saturated heterocycles. The minimum atomic E-state index is -3.00. The lowest BCUT2D eigenvalue weighted by molar-refractivity contribution is -0.119. The molecule has 0 saturated carbocycles. The van der Waals surface area contributed by atoms with Crippen LogP contribution in [0.1, 0.15) is 6.42 Å². The molecular formula is C14H20N2O5S. The molecule has 0 aliphatic carbocycles. The van der Waals surface area contributed by atoms with E-state index in [1.807, 2.05) is 0 Å². The van der Waals surface area contributed by atoms with Gasteiger partial charge in [-0.25, -0.2) is 8.42 Å². The summed E-state index contributed by atoms with van der Waals surface area (Å²) in [7, 11) is 0.0961. The molecule has 2 rings (SSSR count). The summed E-state index contributed by atoms with van der Waals surface area (Å²) in [6, 6.07) is 4.93. The molecule has 0 unspecified atom stereocenters. The molecule has 1 aliphatic rings. The summed E-state index contributed by atoms with van der Waals surface area (Å²) in [6.07, 6.45) is 0.472. The molecule has 0 bridgehead atoms. The molecular weight excluding hydrogens is 308 g/mol. The second kappa shape index (κ2) is 6.87. The Morgan fingerprint density at radius 3 is 2.68 bits per heavy atom. The standard InChI is InChI=1S/C14H20N2O5S/c1-20-11-3-4-12(13(7-11)21-2)15-8-14(17)16-10-5-6-22(18,19)9-10/h3-4,7,10,15H,5-6,8-9H2,1-2H3,(H,16,17)/t10-/m0/s1. The van der Waals surface area contributed by atoms with E-state index in [0.717, 1.165) is 0 Å². The largest absolute Gasteiger partial charge is 0.497 e. The number of ether oxygens (including phenoxy) is 2. The molecule has 1 atom stereocenters. The maximum absolute atomic E-state index is 11.9. The number of sulfone groups is 1. The molecule has 0 radical (unpaired) electrons. The third-order valence-electron chi connectivity index (χ3n) is 3.45. The number of carbonyl (C=O) groups is 1. The Morgan fingerprint density at radius 1 is 1.32 bits per heavy atom. The van der Waals surface area contributed by atoms with Crippen molar-refractivity contribution in [1.82, 2.24) is 5.32 Å². The zero-order valence-corrected chi connectivity index (χ0v) is 13.4. The van der Waals surface area contributed by atoms with Gasteiger partial charge in [-0.2, -0.15) is 0 Å². The highest BCUT2D eigenvalue weighted by atomic mass is 32.2. The van der Waals surface area contributed by atoms with Crippen LogP contribution in [0.25, 0.3) is 0 Å². The van der Waals surface area contributed by atoms with Gasteiger partial charge in [-0.3, -0.25) is 4.79 Å². The van der Waals surface area contributed by atoms with Crippen LogP contribution < -0.4 is 20.1 Å². The van der Waals surface area contributed by atoms with Crippen LogP contribution in [0.2, 0.25) is 0 Å². The number of hydrogen-bond acceptors (Lipinski definition) is 6. The lowest BCUT2D eigenvalue weighted by Gasteiger charge is -2.14. The zero-order chi connectivity index (χ0) is 16.2. The highest BCUT2D eigenvalue weighted by Gasteiger charge is 2.28. The molecule has 22 heavy (non-hydrogen) atoms. The summed E-state index contributed by atoms with van der Waals surface area (Å²) in [5, 5.41) is 5.69. The molecule has 1 aromatic carbocycles. The first-order valence-electron chi connectivity index (χ1n) is 6.89. The Morgan fingerprint density at radius 2 is 2.09 bits per heavy atom. The van der Waals surface area contributed by atoms with Crippen molar-refractivity contribution >= 4 is 21.4 Å². The SMILES string of the molecule is COc1ccc(NCC(=O)N[C@H]2CCS(=O)(=O)C2)c(OC)c1. The predicted molar refractivity (Wildman–Crippen MR) is 83.2 cm³/mol. The van der Waals surface area contributed by atoms with Crippen molar-refractivity contribution in [2.24, 2.45) is 0 Å². The van der Waals surface area contributed by atoms with Crippen LogP contribution in [0.3, 0.4) is 0 Å². The van der Waals surface area contributed by atoms with Crippen molar-refractivity contribution in [2.75, 3.05) is 37.6 Å². The number of rotatable bonds is 6. The van der Waals surface area contributed by atoms with Crippen LogP contribution in [0.5, 0.6) is 11.5 Å². The fourth-order valence-corrected chi connectivity index (χ4v) is 3.98. The Balaban J connectivity index is 1.89. The van der Waals surface area contributed by atoms with Gasteiger partial charge in [-0.05, 0) is 18.6 Å². The monoisotopic (exact) mass is 328 g/mol. The van der Waals surface area contributed by atoms with Crippen LogP contribution in [-0.4, -0.2) is 52.6 Å². The van der Waals surface area contributed by atoms with Crippen LogP contribution in [0, 0.1) is 0 Å². The van der Waals surface area contributed by atoms with Gasteiger partial charge in [0.2, 0.25) is 5.91 Å². The smallest absolute Gasteiger partial charge is 0.239 e. The number of hydrogen-bond donors (Lipinski definition) is 2. The first kappa shape index (κ1) is 16.4. The maximum Gasteiger partial charge on any atom is 0.239 e. The molecule has 1 aliphatic heterocycles. The van der Waals surface area contributed by atoms with Crippen LogP contribution in [0.15, 0.2) is 18.2 Å². The number of benzene rings is 1. The summed E-state index contributed by atoms with van der Waals surface area (Å²) >= 11 is 0. The van der Waals surface area contributed by atoms with Crippen LogP contribution >= 0.6 is 0 Å². The Bertz CT molecular complexity index is 645. The van der Waals surface area contributed by atoms with Crippen molar-refractivity contribution in [2.45, 2.75) is 12.5 Å². The van der Waals surface area contributed by atoms with E-state index in [0.29, 0.717) is 23.6 Å². The van der Waals surface area contributed by atoms with E-state index in [-0.39, 0.29) is 30.0 Å². The quantitative estimate of drug-likeness (QED) is 0.786. The van der Waals surface area contributed by atoms with E-state index in [4.69, 9.17) is 9.47 Å². The summed E-state index contributed by atoms with van der Waals surface area (Å²) in [5.74, 6) is 1.13. The van der Waals surface area contributed by atoms with E-state index in [1.165, 1.54) is 7.11 Å². The van der Waals surface area contributed by atoms with Crippen molar-refractivity contribution in [1.29, 1.82) is 0 Å². The Hall–Kier alpha value is -1.96. The topological polar surface area (TPSA) is 93.7 Å². The van der Waals surface area contributed by atoms with Gasteiger partial charge < -0.3 is 20.1 Å². The van der Waals surface area contributed by atoms with Crippen molar-refractivity contribution in [3.63, 3.8) is 0 Å². The lowest BCUT2D eigenvalue weighted by atomic mass is 10.2. The van der Waals surface area contributed by atoms with Gasteiger partial charge in [0.15, 0.2) is 9.84 Å². The highest BCUT2D eigenvalue weighted by molar-refractivity contribution is 7.91. The summed E-state index contributed by atoms with van der Waals surface area (Å²) < 4.78 is 33.0. The molecule has 2 N–H and O–H groups in total. The molecule has 1 aromatic rings. The molecule has 122 valence electrons. The van der Waals surface area contributed by atoms with E-state index >= 15 is 0 Å². The third kappa shape index (κ3) is 4.27. The van der Waals surface area contributed by atoms with Gasteiger partial charge in [0, 0.05) is 12.1 Å². The summed E-state index contributed by atoms with van der Waals surface area (Å²) in [5.41, 5.74) is 0.664. The second-order valence-corrected chi connectivity index (χ2v) is 7.32. The number of amides is 1. The minimum Gasteiger partial charge on any atom is -0.497 e. The van der Waals surface area contributed by atoms with Crippen molar-refractivity contribution < 1.29 is 22.7 Å². The average Bonchev–Trinajstić information content (AvgIpc) is 2.83. The summed E-state index contributed by atoms with van der Waals surface area (Å²) in [4.78, 5) is 11.9. The first-order chi connectivity index (χ1) is 10.4. The molecule has 7 nitrogen and oxygen atoms in total. The Kier molecular flexibility index (Phi) is 5.12. The number of carbonyl (C=O) groups excluding carboxylic acids is 1. The molecule has 1 heterocycles. The van der Waals surface area contributed by atoms with Gasteiger partial charge in [-0.15, -0.1) is 0 Å². The van der Waals surface area contributed by atoms with E-state index in [1.54, 1.807) is 25.3 Å². The van der Waals surface area contributed by atoms with E-state index in [2.05, 4.69) is 10.6 Å². The van der Waals surface area contributed by atoms with Crippen molar-refractivity contribution in [3.05, 3.63) is 18.2 Å². The fourth-order valence-electron chi connectivity index (χ4n) is 2.31. The molecule has 8 heteroatoms. The first-order valence-corrected chi connectivity index (χ1v) is 8.71. The van der Waals surface area contributed by atoms with Gasteiger partial charge in [-0.1, -0.05) is 0 Å². The zero-order valence-electron chi connectivity index (χ0n) is 12.6.